The van der Waals surface area contributed by atoms with Gasteiger partial charge in [-0.05, 0) is 30.0 Å². The summed E-state index contributed by atoms with van der Waals surface area (Å²) in [7, 11) is 2.92. The van der Waals surface area contributed by atoms with Crippen LogP contribution in [-0.4, -0.2) is 38.0 Å². The van der Waals surface area contributed by atoms with Crippen molar-refractivity contribution in [2.24, 2.45) is 0 Å². The summed E-state index contributed by atoms with van der Waals surface area (Å²) in [6.07, 6.45) is 1.78. The fraction of sp³-hybridized carbons (Fsp3) is 0.304. The summed E-state index contributed by atoms with van der Waals surface area (Å²) < 4.78 is 23.9. The Hall–Kier alpha value is -3.10. The van der Waals surface area contributed by atoms with Crippen LogP contribution in [0.15, 0.2) is 46.7 Å². The molecule has 1 aliphatic rings. The van der Waals surface area contributed by atoms with E-state index in [2.05, 4.69) is 0 Å². The first-order valence-corrected chi connectivity index (χ1v) is 10.7. The molecule has 1 unspecified atom stereocenters. The molecule has 2 aromatic heterocycles. The van der Waals surface area contributed by atoms with E-state index in [4.69, 9.17) is 18.9 Å². The molecule has 0 saturated heterocycles. The second kappa shape index (κ2) is 8.95. The molecule has 8 heteroatoms. The number of rotatable bonds is 7. The van der Waals surface area contributed by atoms with E-state index < -0.39 is 17.6 Å². The Morgan fingerprint density at radius 2 is 2.06 bits per heavy atom. The van der Waals surface area contributed by atoms with Gasteiger partial charge in [-0.25, -0.2) is 4.79 Å². The van der Waals surface area contributed by atoms with Crippen LogP contribution in [0.1, 0.15) is 33.4 Å². The van der Waals surface area contributed by atoms with Gasteiger partial charge in [-0.15, -0.1) is 11.3 Å². The lowest BCUT2D eigenvalue weighted by Crippen LogP contribution is -2.27. The highest BCUT2D eigenvalue weighted by molar-refractivity contribution is 7.10. The number of thiophene rings is 1. The number of hydrogen-bond donors (Lipinski definition) is 0. The van der Waals surface area contributed by atoms with Crippen LogP contribution in [0.5, 0.6) is 11.5 Å². The number of fused-ring (bicyclic) bond motifs is 3. The number of carbonyl (C=O) groups excluding carboxylic acids is 1. The van der Waals surface area contributed by atoms with Crippen molar-refractivity contribution in [1.82, 2.24) is 4.57 Å². The van der Waals surface area contributed by atoms with Crippen molar-refractivity contribution >= 4 is 17.3 Å². The first-order valence-electron chi connectivity index (χ1n) is 9.84. The van der Waals surface area contributed by atoms with Crippen LogP contribution in [0.3, 0.4) is 0 Å². The highest BCUT2D eigenvalue weighted by Gasteiger charge is 2.30. The zero-order valence-electron chi connectivity index (χ0n) is 17.5. The molecule has 0 radical (unpaired) electrons. The molecule has 1 atom stereocenters. The van der Waals surface area contributed by atoms with Gasteiger partial charge in [0.15, 0.2) is 5.43 Å². The van der Waals surface area contributed by atoms with Crippen molar-refractivity contribution in [2.75, 3.05) is 27.4 Å². The summed E-state index contributed by atoms with van der Waals surface area (Å²) >= 11 is 1.53. The third kappa shape index (κ3) is 4.08. The number of methoxy groups -OCH3 is 2. The number of pyridine rings is 1. The highest BCUT2D eigenvalue weighted by atomic mass is 32.1. The smallest absolute Gasteiger partial charge is 0.343 e. The van der Waals surface area contributed by atoms with Crippen LogP contribution in [0.2, 0.25) is 0 Å². The van der Waals surface area contributed by atoms with Crippen molar-refractivity contribution in [1.29, 1.82) is 0 Å². The summed E-state index contributed by atoms with van der Waals surface area (Å²) in [6.45, 7) is 3.10. The largest absolute Gasteiger partial charge is 0.493 e. The number of nitrogens with zero attached hydrogens (tertiary/aromatic N) is 1. The van der Waals surface area contributed by atoms with Crippen LogP contribution >= 0.6 is 11.3 Å². The molecule has 0 N–H and O–H groups in total. The molecule has 1 aromatic carbocycles. The Kier molecular flexibility index (Phi) is 6.11. The molecule has 0 fully saturated rings. The van der Waals surface area contributed by atoms with E-state index in [1.54, 1.807) is 11.7 Å². The lowest BCUT2D eigenvalue weighted by atomic mass is 10.0. The average molecular weight is 442 g/mol. The number of ether oxygens (including phenoxy) is 4. The summed E-state index contributed by atoms with van der Waals surface area (Å²) in [5.74, 6) is 0.671. The van der Waals surface area contributed by atoms with E-state index >= 15 is 0 Å². The van der Waals surface area contributed by atoms with E-state index in [1.165, 1.54) is 30.7 Å². The van der Waals surface area contributed by atoms with Crippen LogP contribution in [0.4, 0.5) is 0 Å². The van der Waals surface area contributed by atoms with Crippen molar-refractivity contribution in [3.8, 4) is 22.8 Å². The molecule has 31 heavy (non-hydrogen) atoms. The molecule has 1 aliphatic heterocycles. The van der Waals surface area contributed by atoms with E-state index in [-0.39, 0.29) is 5.56 Å². The topological polar surface area (TPSA) is 76.0 Å². The Morgan fingerprint density at radius 1 is 1.23 bits per heavy atom. The predicted octanol–water partition coefficient (Wildman–Crippen LogP) is 4.03. The average Bonchev–Trinajstić information content (AvgIpc) is 3.30. The van der Waals surface area contributed by atoms with Crippen molar-refractivity contribution in [3.05, 3.63) is 68.1 Å². The number of hydrogen-bond acceptors (Lipinski definition) is 7. The number of aromatic nitrogens is 1. The number of carbonyl (C=O) groups is 1. The molecule has 162 valence electrons. The van der Waals surface area contributed by atoms with Crippen LogP contribution in [0.25, 0.3) is 11.3 Å². The predicted molar refractivity (Wildman–Crippen MR) is 117 cm³/mol. The molecule has 0 spiro atoms. The zero-order chi connectivity index (χ0) is 22.0. The maximum atomic E-state index is 12.7. The van der Waals surface area contributed by atoms with Gasteiger partial charge in [0.1, 0.15) is 17.1 Å². The lowest BCUT2D eigenvalue weighted by molar-refractivity contribution is 0.0597. The monoisotopic (exact) mass is 441 g/mol. The third-order valence-electron chi connectivity index (χ3n) is 5.07. The molecule has 3 heterocycles. The number of aryl methyl sites for hydroxylation is 1. The molecule has 0 saturated carbocycles. The van der Waals surface area contributed by atoms with E-state index in [1.807, 2.05) is 36.6 Å². The fourth-order valence-corrected chi connectivity index (χ4v) is 4.28. The molecule has 4 rings (SSSR count). The summed E-state index contributed by atoms with van der Waals surface area (Å²) in [5.41, 5.74) is 1.93. The van der Waals surface area contributed by atoms with E-state index in [0.717, 1.165) is 28.2 Å². The van der Waals surface area contributed by atoms with Crippen LogP contribution in [-0.2, 0) is 9.47 Å². The summed E-state index contributed by atoms with van der Waals surface area (Å²) in [6, 6.07) is 9.15. The maximum Gasteiger partial charge on any atom is 0.343 e. The maximum absolute atomic E-state index is 12.7. The summed E-state index contributed by atoms with van der Waals surface area (Å²) in [4.78, 5) is 25.7. The lowest BCUT2D eigenvalue weighted by Gasteiger charge is -2.31. The number of esters is 1. The Labute approximate surface area is 183 Å². The van der Waals surface area contributed by atoms with Gasteiger partial charge in [0.25, 0.3) is 0 Å². The van der Waals surface area contributed by atoms with Gasteiger partial charge in [0.05, 0.1) is 24.3 Å². The quantitative estimate of drug-likeness (QED) is 0.407. The van der Waals surface area contributed by atoms with Crippen molar-refractivity contribution in [3.63, 3.8) is 0 Å². The van der Waals surface area contributed by atoms with Gasteiger partial charge < -0.3 is 23.5 Å². The second-order valence-corrected chi connectivity index (χ2v) is 8.11. The minimum Gasteiger partial charge on any atom is -0.493 e. The first-order chi connectivity index (χ1) is 15.0. The minimum atomic E-state index is -0.674. The Balaban J connectivity index is 1.81. The highest BCUT2D eigenvalue weighted by Crippen LogP contribution is 2.43. The molecule has 3 aromatic rings. The first kappa shape index (κ1) is 21.1. The molecular formula is C23H23NO6S. The SMILES string of the molecule is COCCCOc1cc2c(cc1C)-c1cc(=O)c(C(=O)OC)cn1C(c1cccs1)O2. The van der Waals surface area contributed by atoms with Gasteiger partial charge in [0.2, 0.25) is 6.23 Å². The molecule has 0 bridgehead atoms. The zero-order valence-corrected chi connectivity index (χ0v) is 18.4. The Morgan fingerprint density at radius 3 is 2.77 bits per heavy atom. The van der Waals surface area contributed by atoms with E-state index in [9.17, 15) is 9.59 Å². The molecule has 7 nitrogen and oxygen atoms in total. The minimum absolute atomic E-state index is 0.0327. The Bertz CT molecular complexity index is 1150. The van der Waals surface area contributed by atoms with Crippen LogP contribution < -0.4 is 14.9 Å². The van der Waals surface area contributed by atoms with Crippen molar-refractivity contribution < 1.29 is 23.7 Å². The van der Waals surface area contributed by atoms with Gasteiger partial charge in [0, 0.05) is 44.0 Å². The fourth-order valence-electron chi connectivity index (χ4n) is 3.53. The van der Waals surface area contributed by atoms with Crippen LogP contribution in [0, 0.1) is 6.92 Å². The second-order valence-electron chi connectivity index (χ2n) is 7.13. The van der Waals surface area contributed by atoms with Gasteiger partial charge in [-0.1, -0.05) is 6.07 Å². The number of benzene rings is 1. The standard InChI is InChI=1S/C23H23NO6S/c1-14-10-15-17-11-18(25)16(23(26)28-3)13-24(17)22(21-6-4-9-31-21)30-20(15)12-19(14)29-8-5-7-27-2/h4,6,9-13,22H,5,7-8H2,1-3H3. The summed E-state index contributed by atoms with van der Waals surface area (Å²) in [5, 5.41) is 1.96. The molecule has 0 aliphatic carbocycles. The normalized spacial score (nSPS) is 14.4. The molecular weight excluding hydrogens is 418 g/mol. The molecule has 0 amide bonds. The van der Waals surface area contributed by atoms with Gasteiger partial charge >= 0.3 is 5.97 Å². The van der Waals surface area contributed by atoms with Crippen molar-refractivity contribution in [2.45, 2.75) is 19.6 Å². The third-order valence-corrected chi connectivity index (χ3v) is 5.97. The van der Waals surface area contributed by atoms with E-state index in [0.29, 0.717) is 24.7 Å². The van der Waals surface area contributed by atoms with Gasteiger partial charge in [-0.2, -0.15) is 0 Å². The van der Waals surface area contributed by atoms with Gasteiger partial charge in [-0.3, -0.25) is 4.79 Å².